The number of thiophene rings is 2. The van der Waals surface area contributed by atoms with E-state index in [1.54, 1.807) is 11.3 Å². The first-order valence-corrected chi connectivity index (χ1v) is 20.2. The van der Waals surface area contributed by atoms with Crippen molar-refractivity contribution in [1.82, 2.24) is 14.5 Å². The maximum Gasteiger partial charge on any atom is 0.143 e. The molecule has 3 nitrogen and oxygen atoms in total. The van der Waals surface area contributed by atoms with Gasteiger partial charge < -0.3 is 4.57 Å². The van der Waals surface area contributed by atoms with Crippen LogP contribution in [0.2, 0.25) is 0 Å². The third kappa shape index (κ3) is 4.03. The molecule has 13 aromatic rings. The van der Waals surface area contributed by atoms with Gasteiger partial charge in [-0.3, -0.25) is 0 Å². The Balaban J connectivity index is 1.13. The van der Waals surface area contributed by atoms with Crippen molar-refractivity contribution in [2.75, 3.05) is 0 Å². The molecule has 0 spiro atoms. The Morgan fingerprint density at radius 1 is 0.418 bits per heavy atom. The van der Waals surface area contributed by atoms with E-state index in [1.807, 2.05) is 11.3 Å². The van der Waals surface area contributed by atoms with Crippen molar-refractivity contribution in [2.45, 2.75) is 0 Å². The van der Waals surface area contributed by atoms with Crippen molar-refractivity contribution < 1.29 is 0 Å². The van der Waals surface area contributed by atoms with Crippen LogP contribution in [0.3, 0.4) is 0 Å². The second-order valence-corrected chi connectivity index (χ2v) is 16.5. The topological polar surface area (TPSA) is 30.7 Å². The second kappa shape index (κ2) is 11.0. The molecule has 0 aliphatic rings. The summed E-state index contributed by atoms with van der Waals surface area (Å²) >= 11 is 3.56. The molecule has 0 aliphatic heterocycles. The first-order chi connectivity index (χ1) is 27.3. The standard InChI is InChI=1S/C50H27N3S2/c1-2-15-31-28(12-1)27-40-45-43(31)34-18-4-3-16-32(34)35-20-11-23-39(44(35)45)53(40)30-14-9-13-29(26-30)46-47(52-50-48(51-46)37-19-6-8-25-42(37)55-50)38-22-10-21-36-33-17-5-7-24-41(33)54-49(36)38/h1-27H. The summed E-state index contributed by atoms with van der Waals surface area (Å²) in [6.45, 7) is 0. The van der Waals surface area contributed by atoms with Crippen molar-refractivity contribution in [3.63, 3.8) is 0 Å². The number of fused-ring (bicyclic) bond motifs is 11. The molecule has 0 saturated heterocycles. The molecule has 0 saturated carbocycles. The average molecular weight is 734 g/mol. The maximum atomic E-state index is 5.57. The number of nitrogens with zero attached hydrogens (tertiary/aromatic N) is 3. The largest absolute Gasteiger partial charge is 0.309 e. The predicted octanol–water partition coefficient (Wildman–Crippen LogP) is 14.5. The predicted molar refractivity (Wildman–Crippen MR) is 237 cm³/mol. The summed E-state index contributed by atoms with van der Waals surface area (Å²) in [7, 11) is 0. The first kappa shape index (κ1) is 29.8. The van der Waals surface area contributed by atoms with Crippen molar-refractivity contribution >= 4 is 117 Å². The van der Waals surface area contributed by atoms with E-state index < -0.39 is 0 Å². The molecule has 0 N–H and O–H groups in total. The molecular formula is C50H27N3S2. The zero-order chi connectivity index (χ0) is 35.8. The van der Waals surface area contributed by atoms with Gasteiger partial charge in [-0.1, -0.05) is 127 Å². The third-order valence-electron chi connectivity index (χ3n) is 11.5. The summed E-state index contributed by atoms with van der Waals surface area (Å²) in [5.74, 6) is 0. The molecule has 0 radical (unpaired) electrons. The van der Waals surface area contributed by atoms with E-state index in [4.69, 9.17) is 9.97 Å². The van der Waals surface area contributed by atoms with Crippen LogP contribution in [0, 0.1) is 0 Å². The van der Waals surface area contributed by atoms with Gasteiger partial charge >= 0.3 is 0 Å². The van der Waals surface area contributed by atoms with Crippen molar-refractivity contribution in [3.8, 4) is 28.2 Å². The molecule has 0 bridgehead atoms. The van der Waals surface area contributed by atoms with Crippen LogP contribution in [0.5, 0.6) is 0 Å². The molecule has 4 aromatic heterocycles. The van der Waals surface area contributed by atoms with Gasteiger partial charge in [-0.2, -0.15) is 0 Å². The minimum absolute atomic E-state index is 0.896. The van der Waals surface area contributed by atoms with E-state index in [2.05, 4.69) is 168 Å². The van der Waals surface area contributed by atoms with Gasteiger partial charge in [0.1, 0.15) is 10.3 Å². The molecule has 13 rings (SSSR count). The van der Waals surface area contributed by atoms with Crippen LogP contribution in [-0.2, 0) is 0 Å². The minimum atomic E-state index is 0.896. The van der Waals surface area contributed by atoms with Crippen LogP contribution >= 0.6 is 22.7 Å². The minimum Gasteiger partial charge on any atom is -0.309 e. The number of rotatable bonds is 3. The van der Waals surface area contributed by atoms with Crippen LogP contribution in [0.1, 0.15) is 0 Å². The SMILES string of the molecule is c1cc(-c2nc3c(nc2-c2cccc4c2sc2ccccc24)sc2ccccc23)cc(-n2c3cccc4c5ccccc5c5c6ccccc6cc2c5c43)c1. The van der Waals surface area contributed by atoms with Gasteiger partial charge in [0.2, 0.25) is 0 Å². The molecule has 0 fully saturated rings. The zero-order valence-electron chi connectivity index (χ0n) is 29.2. The van der Waals surface area contributed by atoms with Gasteiger partial charge in [0, 0.05) is 63.2 Å². The summed E-state index contributed by atoms with van der Waals surface area (Å²) in [5, 5.41) is 14.0. The Bertz CT molecular complexity index is 3730. The lowest BCUT2D eigenvalue weighted by Gasteiger charge is -2.13. The van der Waals surface area contributed by atoms with Crippen LogP contribution in [-0.4, -0.2) is 14.5 Å². The highest BCUT2D eigenvalue weighted by Gasteiger charge is 2.24. The summed E-state index contributed by atoms with van der Waals surface area (Å²) in [6, 6.07) is 59.7. The highest BCUT2D eigenvalue weighted by Crippen LogP contribution is 2.48. The number of benzene rings is 9. The summed E-state index contributed by atoms with van der Waals surface area (Å²) in [6.07, 6.45) is 0. The Kier molecular flexibility index (Phi) is 5.93. The van der Waals surface area contributed by atoms with E-state index in [1.165, 1.54) is 79.0 Å². The summed E-state index contributed by atoms with van der Waals surface area (Å²) in [4.78, 5) is 12.0. The molecule has 4 heterocycles. The average Bonchev–Trinajstić information content (AvgIpc) is 3.92. The molecule has 9 aromatic carbocycles. The highest BCUT2D eigenvalue weighted by atomic mass is 32.1. The third-order valence-corrected chi connectivity index (χ3v) is 13.8. The molecule has 0 amide bonds. The normalized spacial score (nSPS) is 12.4. The number of hydrogen-bond donors (Lipinski definition) is 0. The summed E-state index contributed by atoms with van der Waals surface area (Å²) < 4.78 is 6.19. The van der Waals surface area contributed by atoms with Gasteiger partial charge in [-0.15, -0.1) is 22.7 Å². The zero-order valence-corrected chi connectivity index (χ0v) is 30.9. The number of hydrogen-bond acceptors (Lipinski definition) is 4. The molecule has 0 aliphatic carbocycles. The van der Waals surface area contributed by atoms with E-state index in [0.29, 0.717) is 0 Å². The van der Waals surface area contributed by atoms with Gasteiger partial charge in [0.05, 0.1) is 22.4 Å². The number of aromatic nitrogens is 3. The van der Waals surface area contributed by atoms with E-state index in [9.17, 15) is 0 Å². The molecule has 0 atom stereocenters. The molecular weight excluding hydrogens is 707 g/mol. The molecule has 5 heteroatoms. The Labute approximate surface area is 322 Å². The van der Waals surface area contributed by atoms with Gasteiger partial charge in [-0.05, 0) is 63.3 Å². The lowest BCUT2D eigenvalue weighted by atomic mass is 9.91. The maximum absolute atomic E-state index is 5.57. The summed E-state index contributed by atoms with van der Waals surface area (Å²) in [5.41, 5.74) is 8.44. The van der Waals surface area contributed by atoms with Gasteiger partial charge in [0.15, 0.2) is 0 Å². The van der Waals surface area contributed by atoms with E-state index >= 15 is 0 Å². The molecule has 254 valence electrons. The fraction of sp³-hybridized carbons (Fsp3) is 0. The van der Waals surface area contributed by atoms with Crippen molar-refractivity contribution in [1.29, 1.82) is 0 Å². The van der Waals surface area contributed by atoms with Crippen molar-refractivity contribution in [3.05, 3.63) is 164 Å². The molecule has 55 heavy (non-hydrogen) atoms. The fourth-order valence-electron chi connectivity index (χ4n) is 9.24. The van der Waals surface area contributed by atoms with Crippen LogP contribution in [0.25, 0.3) is 123 Å². The fourth-order valence-corrected chi connectivity index (χ4v) is 11.5. The Hall–Kier alpha value is -6.66. The van der Waals surface area contributed by atoms with E-state index in [-0.39, 0.29) is 0 Å². The Morgan fingerprint density at radius 3 is 1.98 bits per heavy atom. The lowest BCUT2D eigenvalue weighted by molar-refractivity contribution is 1.18. The lowest BCUT2D eigenvalue weighted by Crippen LogP contribution is -1.97. The Morgan fingerprint density at radius 2 is 1.09 bits per heavy atom. The van der Waals surface area contributed by atoms with E-state index in [0.717, 1.165) is 43.9 Å². The van der Waals surface area contributed by atoms with Crippen LogP contribution in [0.4, 0.5) is 0 Å². The van der Waals surface area contributed by atoms with Gasteiger partial charge in [0.25, 0.3) is 0 Å². The van der Waals surface area contributed by atoms with Crippen LogP contribution in [0.15, 0.2) is 164 Å². The smallest absolute Gasteiger partial charge is 0.143 e. The first-order valence-electron chi connectivity index (χ1n) is 18.6. The monoisotopic (exact) mass is 733 g/mol. The van der Waals surface area contributed by atoms with Crippen molar-refractivity contribution in [2.24, 2.45) is 0 Å². The highest BCUT2D eigenvalue weighted by molar-refractivity contribution is 7.26. The quantitative estimate of drug-likeness (QED) is 0.169. The van der Waals surface area contributed by atoms with Crippen LogP contribution < -0.4 is 0 Å². The van der Waals surface area contributed by atoms with Gasteiger partial charge in [-0.25, -0.2) is 9.97 Å². The second-order valence-electron chi connectivity index (χ2n) is 14.5. The molecule has 0 unspecified atom stereocenters.